The quantitative estimate of drug-likeness (QED) is 0.349. The van der Waals surface area contributed by atoms with Crippen LogP contribution in [0, 0.1) is 10.1 Å². The summed E-state index contributed by atoms with van der Waals surface area (Å²) in [6.07, 6.45) is 1.15. The SMILES string of the molecule is C[C@@H]1CN(c2ccc([N+](=O)[O-])cc2C=C2C(=O)NC(=O)NC2=O)C[C@@H](C)O1. The number of imide groups is 2. The summed E-state index contributed by atoms with van der Waals surface area (Å²) < 4.78 is 5.70. The van der Waals surface area contributed by atoms with Gasteiger partial charge in [-0.2, -0.15) is 0 Å². The molecule has 0 radical (unpaired) electrons. The first-order chi connectivity index (χ1) is 12.7. The number of rotatable bonds is 3. The molecule has 10 nitrogen and oxygen atoms in total. The predicted octanol–water partition coefficient (Wildman–Crippen LogP) is 0.958. The van der Waals surface area contributed by atoms with Gasteiger partial charge in [0.05, 0.1) is 17.1 Å². The number of morpholine rings is 1. The summed E-state index contributed by atoms with van der Waals surface area (Å²) in [7, 11) is 0. The summed E-state index contributed by atoms with van der Waals surface area (Å²) in [6, 6.07) is 3.34. The molecular formula is C17H18N4O6. The number of benzene rings is 1. The van der Waals surface area contributed by atoms with Crippen LogP contribution in [0.15, 0.2) is 23.8 Å². The molecule has 0 saturated carbocycles. The molecule has 2 heterocycles. The van der Waals surface area contributed by atoms with E-state index in [1.165, 1.54) is 18.2 Å². The standard InChI is InChI=1S/C17H18N4O6/c1-9-7-20(8-10(2)27-9)14-4-3-12(21(25)26)5-11(14)6-13-15(22)18-17(24)19-16(13)23/h3-6,9-10H,7-8H2,1-2H3,(H2,18,19,22,23,24)/t9-,10-/m1/s1. The van der Waals surface area contributed by atoms with Gasteiger partial charge in [0, 0.05) is 36.5 Å². The van der Waals surface area contributed by atoms with Crippen molar-refractivity contribution >= 4 is 35.3 Å². The van der Waals surface area contributed by atoms with E-state index in [1.807, 2.05) is 29.4 Å². The van der Waals surface area contributed by atoms with E-state index in [1.54, 1.807) is 6.07 Å². The zero-order chi connectivity index (χ0) is 19.7. The molecule has 2 aliphatic rings. The molecular weight excluding hydrogens is 356 g/mol. The molecule has 2 aliphatic heterocycles. The number of barbiturate groups is 1. The second kappa shape index (κ2) is 7.16. The number of ether oxygens (including phenoxy) is 1. The minimum absolute atomic E-state index is 0.0525. The van der Waals surface area contributed by atoms with Crippen molar-refractivity contribution < 1.29 is 24.0 Å². The molecule has 1 aromatic carbocycles. The highest BCUT2D eigenvalue weighted by Gasteiger charge is 2.29. The summed E-state index contributed by atoms with van der Waals surface area (Å²) in [4.78, 5) is 47.8. The highest BCUT2D eigenvalue weighted by molar-refractivity contribution is 6.31. The van der Waals surface area contributed by atoms with Gasteiger partial charge in [-0.15, -0.1) is 0 Å². The van der Waals surface area contributed by atoms with Crippen molar-refractivity contribution in [3.05, 3.63) is 39.4 Å². The number of nitro benzene ring substituents is 1. The molecule has 2 N–H and O–H groups in total. The lowest BCUT2D eigenvalue weighted by Crippen LogP contribution is -2.51. The number of nitrogens with one attached hydrogen (secondary N) is 2. The van der Waals surface area contributed by atoms with Crippen LogP contribution in [-0.2, 0) is 14.3 Å². The third kappa shape index (κ3) is 3.95. The Balaban J connectivity index is 2.06. The third-order valence-electron chi connectivity index (χ3n) is 4.23. The Hall–Kier alpha value is -3.27. The van der Waals surface area contributed by atoms with Crippen molar-refractivity contribution in [2.24, 2.45) is 0 Å². The van der Waals surface area contributed by atoms with E-state index in [2.05, 4.69) is 0 Å². The van der Waals surface area contributed by atoms with Crippen LogP contribution in [0.2, 0.25) is 0 Å². The molecule has 0 aromatic heterocycles. The molecule has 27 heavy (non-hydrogen) atoms. The van der Waals surface area contributed by atoms with E-state index in [9.17, 15) is 24.5 Å². The van der Waals surface area contributed by atoms with Crippen LogP contribution >= 0.6 is 0 Å². The fourth-order valence-corrected chi connectivity index (χ4v) is 3.20. The van der Waals surface area contributed by atoms with Crippen LogP contribution in [0.5, 0.6) is 0 Å². The van der Waals surface area contributed by atoms with Crippen LogP contribution in [0.1, 0.15) is 19.4 Å². The summed E-state index contributed by atoms with van der Waals surface area (Å²) in [5.41, 5.74) is 0.492. The molecule has 2 saturated heterocycles. The Bertz CT molecular complexity index is 833. The lowest BCUT2D eigenvalue weighted by molar-refractivity contribution is -0.384. The van der Waals surface area contributed by atoms with Crippen LogP contribution in [0.4, 0.5) is 16.2 Å². The van der Waals surface area contributed by atoms with Crippen molar-refractivity contribution in [2.75, 3.05) is 18.0 Å². The first-order valence-electron chi connectivity index (χ1n) is 8.32. The number of anilines is 1. The van der Waals surface area contributed by atoms with Crippen molar-refractivity contribution in [1.29, 1.82) is 0 Å². The van der Waals surface area contributed by atoms with E-state index < -0.39 is 22.8 Å². The van der Waals surface area contributed by atoms with Gasteiger partial charge >= 0.3 is 6.03 Å². The Kier molecular flexibility index (Phi) is 4.91. The minimum Gasteiger partial charge on any atom is -0.372 e. The fraction of sp³-hybridized carbons (Fsp3) is 0.353. The number of non-ortho nitro benzene ring substituents is 1. The van der Waals surface area contributed by atoms with Crippen LogP contribution in [0.3, 0.4) is 0 Å². The molecule has 4 amide bonds. The number of carbonyl (C=O) groups is 3. The lowest BCUT2D eigenvalue weighted by atomic mass is 10.0. The highest BCUT2D eigenvalue weighted by atomic mass is 16.6. The van der Waals surface area contributed by atoms with Crippen molar-refractivity contribution in [3.63, 3.8) is 0 Å². The van der Waals surface area contributed by atoms with E-state index >= 15 is 0 Å². The van der Waals surface area contributed by atoms with Crippen LogP contribution < -0.4 is 15.5 Å². The number of nitrogens with zero attached hydrogens (tertiary/aromatic N) is 2. The van der Waals surface area contributed by atoms with Crippen molar-refractivity contribution in [3.8, 4) is 0 Å². The van der Waals surface area contributed by atoms with Gasteiger partial charge < -0.3 is 9.64 Å². The van der Waals surface area contributed by atoms with Gasteiger partial charge in [-0.25, -0.2) is 4.79 Å². The van der Waals surface area contributed by atoms with Gasteiger partial charge in [0.15, 0.2) is 0 Å². The summed E-state index contributed by atoms with van der Waals surface area (Å²) in [6.45, 7) is 4.93. The Labute approximate surface area is 154 Å². The number of amides is 4. The van der Waals surface area contributed by atoms with Gasteiger partial charge in [0.1, 0.15) is 5.57 Å². The average Bonchev–Trinajstić information content (AvgIpc) is 2.57. The average molecular weight is 374 g/mol. The molecule has 0 unspecified atom stereocenters. The minimum atomic E-state index is -0.905. The second-order valence-electron chi connectivity index (χ2n) is 6.46. The Morgan fingerprint density at radius 1 is 1.15 bits per heavy atom. The first-order valence-corrected chi connectivity index (χ1v) is 8.32. The van der Waals surface area contributed by atoms with E-state index in [4.69, 9.17) is 4.74 Å². The van der Waals surface area contributed by atoms with Crippen molar-refractivity contribution in [2.45, 2.75) is 26.1 Å². The molecule has 1 aromatic rings. The number of hydrogen-bond donors (Lipinski definition) is 2. The number of urea groups is 1. The topological polar surface area (TPSA) is 131 Å². The second-order valence-corrected chi connectivity index (χ2v) is 6.46. The maximum atomic E-state index is 12.0. The smallest absolute Gasteiger partial charge is 0.328 e. The monoisotopic (exact) mass is 374 g/mol. The van der Waals surface area contributed by atoms with Gasteiger partial charge in [0.2, 0.25) is 0 Å². The summed E-state index contributed by atoms with van der Waals surface area (Å²) in [5.74, 6) is -1.71. The predicted molar refractivity (Wildman–Crippen MR) is 95.0 cm³/mol. The first kappa shape index (κ1) is 18.5. The summed E-state index contributed by atoms with van der Waals surface area (Å²) >= 11 is 0. The number of carbonyl (C=O) groups excluding carboxylic acids is 3. The van der Waals surface area contributed by atoms with E-state index in [0.717, 1.165) is 0 Å². The Morgan fingerprint density at radius 3 is 2.30 bits per heavy atom. The van der Waals surface area contributed by atoms with Gasteiger partial charge in [-0.05, 0) is 26.0 Å². The summed E-state index contributed by atoms with van der Waals surface area (Å²) in [5, 5.41) is 15.1. The van der Waals surface area contributed by atoms with Crippen LogP contribution in [-0.4, -0.2) is 48.1 Å². The maximum absolute atomic E-state index is 12.0. The molecule has 0 spiro atoms. The molecule has 2 fully saturated rings. The molecule has 10 heteroatoms. The van der Waals surface area contributed by atoms with Gasteiger partial charge in [0.25, 0.3) is 17.5 Å². The fourth-order valence-electron chi connectivity index (χ4n) is 3.20. The Morgan fingerprint density at radius 2 is 1.74 bits per heavy atom. The molecule has 3 rings (SSSR count). The third-order valence-corrected chi connectivity index (χ3v) is 4.23. The number of nitro groups is 1. The number of hydrogen-bond acceptors (Lipinski definition) is 7. The molecule has 2 atom stereocenters. The molecule has 142 valence electrons. The zero-order valence-corrected chi connectivity index (χ0v) is 14.7. The molecule has 0 aliphatic carbocycles. The zero-order valence-electron chi connectivity index (χ0n) is 14.7. The van der Waals surface area contributed by atoms with Gasteiger partial charge in [-0.1, -0.05) is 0 Å². The maximum Gasteiger partial charge on any atom is 0.328 e. The van der Waals surface area contributed by atoms with E-state index in [-0.39, 0.29) is 23.5 Å². The highest BCUT2D eigenvalue weighted by Crippen LogP contribution is 2.30. The largest absolute Gasteiger partial charge is 0.372 e. The lowest BCUT2D eigenvalue weighted by Gasteiger charge is -2.37. The normalized spacial score (nSPS) is 23.0. The van der Waals surface area contributed by atoms with Gasteiger partial charge in [-0.3, -0.25) is 30.3 Å². The van der Waals surface area contributed by atoms with Crippen LogP contribution in [0.25, 0.3) is 6.08 Å². The molecule has 0 bridgehead atoms. The van der Waals surface area contributed by atoms with Crippen molar-refractivity contribution in [1.82, 2.24) is 10.6 Å². The van der Waals surface area contributed by atoms with E-state index in [0.29, 0.717) is 24.3 Å².